The van der Waals surface area contributed by atoms with E-state index in [1.54, 1.807) is 0 Å². The summed E-state index contributed by atoms with van der Waals surface area (Å²) in [5, 5.41) is 2.39. The van der Waals surface area contributed by atoms with Gasteiger partial charge >= 0.3 is 6.18 Å². The summed E-state index contributed by atoms with van der Waals surface area (Å²) in [4.78, 5) is 13.9. The largest absolute Gasteiger partial charge is 0.417 e. The lowest BCUT2D eigenvalue weighted by Gasteiger charge is -2.11. The van der Waals surface area contributed by atoms with Crippen molar-refractivity contribution in [3.05, 3.63) is 65.2 Å². The normalized spacial score (nSPS) is 10.6. The van der Waals surface area contributed by atoms with Crippen molar-refractivity contribution in [3.8, 4) is 11.8 Å². The molecule has 1 amide bonds. The highest BCUT2D eigenvalue weighted by Crippen LogP contribution is 2.31. The third kappa shape index (κ3) is 5.01. The van der Waals surface area contributed by atoms with Crippen LogP contribution < -0.4 is 10.2 Å². The van der Waals surface area contributed by atoms with E-state index in [0.29, 0.717) is 0 Å². The predicted molar refractivity (Wildman–Crippen MR) is 91.4 cm³/mol. The van der Waals surface area contributed by atoms with Gasteiger partial charge in [0.25, 0.3) is 5.91 Å². The quantitative estimate of drug-likeness (QED) is 0.862. The van der Waals surface area contributed by atoms with E-state index in [9.17, 15) is 18.0 Å². The van der Waals surface area contributed by atoms with Crippen LogP contribution in [0.15, 0.2) is 48.5 Å². The minimum atomic E-state index is -4.58. The Morgan fingerprint density at radius 3 is 2.32 bits per heavy atom. The minimum absolute atomic E-state index is 0.0412. The monoisotopic (exact) mass is 346 g/mol. The maximum absolute atomic E-state index is 12.9. The molecule has 0 saturated heterocycles. The van der Waals surface area contributed by atoms with E-state index >= 15 is 0 Å². The average Bonchev–Trinajstić information content (AvgIpc) is 2.58. The van der Waals surface area contributed by atoms with Crippen LogP contribution in [-0.2, 0) is 6.18 Å². The number of alkyl halides is 3. The van der Waals surface area contributed by atoms with Gasteiger partial charge in [-0.2, -0.15) is 13.2 Å². The summed E-state index contributed by atoms with van der Waals surface area (Å²) in [6.45, 7) is -0.0412. The summed E-state index contributed by atoms with van der Waals surface area (Å²) in [5.74, 6) is 4.79. The van der Waals surface area contributed by atoms with Gasteiger partial charge in [-0.15, -0.1) is 0 Å². The van der Waals surface area contributed by atoms with E-state index in [1.165, 1.54) is 12.1 Å². The fourth-order valence-electron chi connectivity index (χ4n) is 2.14. The molecule has 0 aliphatic heterocycles. The van der Waals surface area contributed by atoms with Crippen molar-refractivity contribution >= 4 is 11.6 Å². The first-order valence-corrected chi connectivity index (χ1v) is 7.49. The summed E-state index contributed by atoms with van der Waals surface area (Å²) in [7, 11) is 3.85. The number of hydrogen-bond donors (Lipinski definition) is 1. The highest BCUT2D eigenvalue weighted by molar-refractivity contribution is 5.96. The number of rotatable bonds is 3. The van der Waals surface area contributed by atoms with Gasteiger partial charge in [0.15, 0.2) is 0 Å². The summed E-state index contributed by atoms with van der Waals surface area (Å²) < 4.78 is 38.7. The smallest absolute Gasteiger partial charge is 0.378 e. The fourth-order valence-corrected chi connectivity index (χ4v) is 2.14. The molecule has 3 nitrogen and oxygen atoms in total. The molecule has 0 fully saturated rings. The average molecular weight is 346 g/mol. The molecule has 0 unspecified atom stereocenters. The van der Waals surface area contributed by atoms with Crippen molar-refractivity contribution in [3.63, 3.8) is 0 Å². The van der Waals surface area contributed by atoms with Gasteiger partial charge in [-0.25, -0.2) is 0 Å². The zero-order valence-corrected chi connectivity index (χ0v) is 13.8. The minimum Gasteiger partial charge on any atom is -0.378 e. The molecule has 0 aromatic heterocycles. The SMILES string of the molecule is CN(C)c1ccc(C#CCNC(=O)c2ccccc2C(F)(F)F)cc1. The maximum atomic E-state index is 12.9. The number of hydrogen-bond acceptors (Lipinski definition) is 2. The number of benzene rings is 2. The van der Waals surface area contributed by atoms with Gasteiger partial charge in [-0.1, -0.05) is 24.0 Å². The number of carbonyl (C=O) groups excluding carboxylic acids is 1. The summed E-state index contributed by atoms with van der Waals surface area (Å²) in [6.07, 6.45) is -4.58. The number of carbonyl (C=O) groups is 1. The Hall–Kier alpha value is -2.94. The molecule has 0 bridgehead atoms. The molecule has 2 aromatic rings. The highest BCUT2D eigenvalue weighted by atomic mass is 19.4. The van der Waals surface area contributed by atoms with Crippen LogP contribution in [0.2, 0.25) is 0 Å². The Bertz CT molecular complexity index is 800. The first-order chi connectivity index (χ1) is 11.8. The van der Waals surface area contributed by atoms with Gasteiger partial charge in [0.05, 0.1) is 17.7 Å². The van der Waals surface area contributed by atoms with Crippen LogP contribution >= 0.6 is 0 Å². The zero-order chi connectivity index (χ0) is 18.4. The number of amides is 1. The van der Waals surface area contributed by atoms with Crippen molar-refractivity contribution < 1.29 is 18.0 Å². The Kier molecular flexibility index (Phi) is 5.71. The molecule has 0 aliphatic carbocycles. The van der Waals surface area contributed by atoms with Crippen LogP contribution in [0, 0.1) is 11.8 Å². The molecule has 0 radical (unpaired) electrons. The van der Waals surface area contributed by atoms with E-state index in [-0.39, 0.29) is 6.54 Å². The second-order valence-corrected chi connectivity index (χ2v) is 5.47. The Balaban J connectivity index is 2.00. The lowest BCUT2D eigenvalue weighted by atomic mass is 10.1. The van der Waals surface area contributed by atoms with Crippen molar-refractivity contribution in [2.45, 2.75) is 6.18 Å². The van der Waals surface area contributed by atoms with Crippen LogP contribution in [-0.4, -0.2) is 26.5 Å². The lowest BCUT2D eigenvalue weighted by Crippen LogP contribution is -2.26. The van der Waals surface area contributed by atoms with E-state index in [4.69, 9.17) is 0 Å². The van der Waals surface area contributed by atoms with Crippen LogP contribution in [0.5, 0.6) is 0 Å². The van der Waals surface area contributed by atoms with Gasteiger partial charge in [-0.05, 0) is 36.4 Å². The molecule has 130 valence electrons. The van der Waals surface area contributed by atoms with Gasteiger partial charge in [-0.3, -0.25) is 4.79 Å². The molecule has 6 heteroatoms. The molecule has 1 N–H and O–H groups in total. The molecular formula is C19H17F3N2O. The van der Waals surface area contributed by atoms with E-state index in [2.05, 4.69) is 17.2 Å². The zero-order valence-electron chi connectivity index (χ0n) is 13.8. The number of nitrogens with zero attached hydrogens (tertiary/aromatic N) is 1. The number of halogens is 3. The second-order valence-electron chi connectivity index (χ2n) is 5.47. The van der Waals surface area contributed by atoms with Gasteiger partial charge in [0.1, 0.15) is 0 Å². The molecule has 0 saturated carbocycles. The Morgan fingerprint density at radius 1 is 1.08 bits per heavy atom. The topological polar surface area (TPSA) is 32.3 Å². The van der Waals surface area contributed by atoms with Crippen LogP contribution in [0.25, 0.3) is 0 Å². The molecule has 0 aliphatic rings. The first-order valence-electron chi connectivity index (χ1n) is 7.49. The Labute approximate surface area is 144 Å². The third-order valence-electron chi connectivity index (χ3n) is 3.43. The predicted octanol–water partition coefficient (Wildman–Crippen LogP) is 3.55. The number of anilines is 1. The standard InChI is InChI=1S/C19H17F3N2O/c1-24(2)15-11-9-14(10-12-15)6-5-13-23-18(25)16-7-3-4-8-17(16)19(20,21)22/h3-4,7-12H,13H2,1-2H3,(H,23,25). The first kappa shape index (κ1) is 18.4. The summed E-state index contributed by atoms with van der Waals surface area (Å²) >= 11 is 0. The van der Waals surface area contributed by atoms with Gasteiger partial charge in [0, 0.05) is 25.3 Å². The fraction of sp³-hybridized carbons (Fsp3) is 0.211. The van der Waals surface area contributed by atoms with Crippen molar-refractivity contribution in [2.24, 2.45) is 0 Å². The Morgan fingerprint density at radius 2 is 1.72 bits per heavy atom. The van der Waals surface area contributed by atoms with E-state index < -0.39 is 23.2 Å². The molecule has 25 heavy (non-hydrogen) atoms. The van der Waals surface area contributed by atoms with Crippen LogP contribution in [0.4, 0.5) is 18.9 Å². The lowest BCUT2D eigenvalue weighted by molar-refractivity contribution is -0.137. The van der Waals surface area contributed by atoms with Crippen molar-refractivity contribution in [2.75, 3.05) is 25.5 Å². The van der Waals surface area contributed by atoms with Crippen LogP contribution in [0.1, 0.15) is 21.5 Å². The highest BCUT2D eigenvalue weighted by Gasteiger charge is 2.34. The van der Waals surface area contributed by atoms with Crippen molar-refractivity contribution in [1.82, 2.24) is 5.32 Å². The molecular weight excluding hydrogens is 329 g/mol. The number of nitrogens with one attached hydrogen (secondary N) is 1. The van der Waals surface area contributed by atoms with Gasteiger partial charge < -0.3 is 10.2 Å². The van der Waals surface area contributed by atoms with Crippen LogP contribution in [0.3, 0.4) is 0 Å². The molecule has 2 aromatic carbocycles. The third-order valence-corrected chi connectivity index (χ3v) is 3.43. The summed E-state index contributed by atoms with van der Waals surface area (Å²) in [5.41, 5.74) is 0.421. The van der Waals surface area contributed by atoms with E-state index in [0.717, 1.165) is 23.4 Å². The summed E-state index contributed by atoms with van der Waals surface area (Å²) in [6, 6.07) is 12.1. The molecule has 0 atom stereocenters. The second kappa shape index (κ2) is 7.75. The maximum Gasteiger partial charge on any atom is 0.417 e. The van der Waals surface area contributed by atoms with E-state index in [1.807, 2.05) is 43.3 Å². The molecule has 2 rings (SSSR count). The molecule has 0 heterocycles. The van der Waals surface area contributed by atoms with Crippen molar-refractivity contribution in [1.29, 1.82) is 0 Å². The molecule has 0 spiro atoms. The van der Waals surface area contributed by atoms with Gasteiger partial charge in [0.2, 0.25) is 0 Å².